The molecule has 1 aromatic rings. The zero-order chi connectivity index (χ0) is 14.5. The molecule has 1 fully saturated rings. The molecule has 2 aliphatic rings. The number of benzene rings is 1. The van der Waals surface area contributed by atoms with E-state index in [1.165, 1.54) is 16.7 Å². The Morgan fingerprint density at radius 2 is 1.95 bits per heavy atom. The van der Waals surface area contributed by atoms with Crippen molar-refractivity contribution >= 4 is 28.2 Å². The molecule has 0 N–H and O–H groups in total. The van der Waals surface area contributed by atoms with Crippen LogP contribution in [0.3, 0.4) is 0 Å². The van der Waals surface area contributed by atoms with Crippen LogP contribution < -0.4 is 29.6 Å². The first-order valence-electron chi connectivity index (χ1n) is 5.79. The van der Waals surface area contributed by atoms with E-state index in [1.807, 2.05) is 24.5 Å². The maximum absolute atomic E-state index is 12.2. The Balaban J connectivity index is 0.00000161. The van der Waals surface area contributed by atoms with Crippen LogP contribution in [-0.4, -0.2) is 41.8 Å². The minimum absolute atomic E-state index is 0. The Morgan fingerprint density at radius 1 is 1.33 bits per heavy atom. The van der Waals surface area contributed by atoms with Crippen LogP contribution in [0.15, 0.2) is 24.3 Å². The van der Waals surface area contributed by atoms with Gasteiger partial charge in [0.15, 0.2) is 0 Å². The first-order chi connectivity index (χ1) is 9.42. The summed E-state index contributed by atoms with van der Waals surface area (Å²) >= 11 is 1.47. The molecule has 0 spiro atoms. The largest absolute Gasteiger partial charge is 1.00 e. The van der Waals surface area contributed by atoms with Crippen LogP contribution in [0.2, 0.25) is 0 Å². The predicted molar refractivity (Wildman–Crippen MR) is 70.2 cm³/mol. The van der Waals surface area contributed by atoms with Crippen LogP contribution in [-0.2, 0) is 14.7 Å². The van der Waals surface area contributed by atoms with Crippen molar-refractivity contribution in [2.75, 3.05) is 12.8 Å². The monoisotopic (exact) mass is 338 g/mol. The zero-order valence-corrected chi connectivity index (χ0v) is 15.1. The third-order valence-corrected chi connectivity index (χ3v) is 4.68. The second-order valence-corrected chi connectivity index (χ2v) is 6.36. The van der Waals surface area contributed by atoms with Gasteiger partial charge in [-0.2, -0.15) is 9.35 Å². The maximum Gasteiger partial charge on any atom is 1.00 e. The second-order valence-electron chi connectivity index (χ2n) is 4.48. The first-order valence-corrected chi connectivity index (χ1v) is 8.41. The molecule has 10 heteroatoms. The van der Waals surface area contributed by atoms with Gasteiger partial charge in [-0.1, -0.05) is 24.3 Å². The molecule has 1 saturated heterocycles. The number of urea groups is 1. The molecule has 2 amide bonds. The van der Waals surface area contributed by atoms with Crippen LogP contribution in [0.4, 0.5) is 4.79 Å². The van der Waals surface area contributed by atoms with Crippen LogP contribution in [0, 0.1) is 0 Å². The van der Waals surface area contributed by atoms with Gasteiger partial charge in [0.1, 0.15) is 11.4 Å². The van der Waals surface area contributed by atoms with Crippen molar-refractivity contribution in [1.29, 1.82) is 0 Å². The van der Waals surface area contributed by atoms with E-state index in [0.717, 1.165) is 11.1 Å². The predicted octanol–water partition coefficient (Wildman–Crippen LogP) is -1.76. The summed E-state index contributed by atoms with van der Waals surface area (Å²) in [5.41, 5.74) is 1.73. The standard InChI is InChI=1S/C11H12N2O5S2.Na/c1-19-10-8-5-3-2-4-7(8)9-6-12(10)11(14)13(9)18-20(15,16)17;/h2-5,9-10H,6H2,1H3,(H,15,16,17);/q;+1/p-1. The van der Waals surface area contributed by atoms with E-state index >= 15 is 0 Å². The number of amides is 2. The van der Waals surface area contributed by atoms with Crippen molar-refractivity contribution in [3.63, 3.8) is 0 Å². The molecule has 2 unspecified atom stereocenters. The van der Waals surface area contributed by atoms with E-state index in [4.69, 9.17) is 0 Å². The molecule has 0 aromatic heterocycles. The molecule has 2 aliphatic heterocycles. The molecule has 3 rings (SSSR count). The van der Waals surface area contributed by atoms with E-state index in [1.54, 1.807) is 6.07 Å². The number of hydroxylamine groups is 2. The van der Waals surface area contributed by atoms with Crippen LogP contribution in [0.5, 0.6) is 0 Å². The minimum Gasteiger partial charge on any atom is -0.724 e. The van der Waals surface area contributed by atoms with Crippen molar-refractivity contribution in [3.8, 4) is 0 Å². The summed E-state index contributed by atoms with van der Waals surface area (Å²) in [6.07, 6.45) is 1.86. The Labute approximate surface area is 148 Å². The average Bonchev–Trinajstić information content (AvgIpc) is 2.65. The number of thioether (sulfide) groups is 1. The molecule has 108 valence electrons. The third kappa shape index (κ3) is 2.96. The fourth-order valence-corrected chi connectivity index (χ4v) is 3.93. The smallest absolute Gasteiger partial charge is 0.724 e. The van der Waals surface area contributed by atoms with E-state index in [0.29, 0.717) is 11.6 Å². The summed E-state index contributed by atoms with van der Waals surface area (Å²) in [5.74, 6) is 0. The van der Waals surface area contributed by atoms with Crippen molar-refractivity contribution < 1.29 is 51.6 Å². The van der Waals surface area contributed by atoms with Gasteiger partial charge in [-0.25, -0.2) is 13.2 Å². The molecule has 2 atom stereocenters. The first kappa shape index (κ1) is 17.1. The van der Waals surface area contributed by atoms with Crippen LogP contribution >= 0.6 is 11.8 Å². The van der Waals surface area contributed by atoms with E-state index in [9.17, 15) is 17.8 Å². The minimum atomic E-state index is -4.98. The molecule has 0 radical (unpaired) electrons. The Morgan fingerprint density at radius 3 is 2.52 bits per heavy atom. The average molecular weight is 338 g/mol. The van der Waals surface area contributed by atoms with E-state index < -0.39 is 22.5 Å². The summed E-state index contributed by atoms with van der Waals surface area (Å²) in [4.78, 5) is 13.7. The van der Waals surface area contributed by atoms with Gasteiger partial charge >= 0.3 is 35.6 Å². The molecule has 1 aromatic carbocycles. The molecule has 0 aliphatic carbocycles. The summed E-state index contributed by atoms with van der Waals surface area (Å²) in [6, 6.07) is 6.17. The van der Waals surface area contributed by atoms with Gasteiger partial charge < -0.3 is 9.45 Å². The van der Waals surface area contributed by atoms with Gasteiger partial charge in [-0.15, -0.1) is 11.8 Å². The van der Waals surface area contributed by atoms with Gasteiger partial charge in [0.05, 0.1) is 6.54 Å². The number of fused-ring (bicyclic) bond motifs is 4. The molecule has 2 heterocycles. The number of nitrogens with zero attached hydrogens (tertiary/aromatic N) is 2. The number of hydrogen-bond acceptors (Lipinski definition) is 6. The molecule has 2 bridgehead atoms. The molecular weight excluding hydrogens is 327 g/mol. The van der Waals surface area contributed by atoms with Crippen molar-refractivity contribution in [3.05, 3.63) is 35.4 Å². The molecule has 7 nitrogen and oxygen atoms in total. The van der Waals surface area contributed by atoms with Crippen molar-refractivity contribution in [2.45, 2.75) is 11.4 Å². The molecular formula is C11H11N2NaO5S2. The van der Waals surface area contributed by atoms with Crippen LogP contribution in [0.25, 0.3) is 0 Å². The quantitative estimate of drug-likeness (QED) is 0.368. The Bertz CT molecular complexity index is 668. The number of hydrogen-bond donors (Lipinski definition) is 0. The van der Waals surface area contributed by atoms with Gasteiger partial charge in [-0.3, -0.25) is 0 Å². The topological polar surface area (TPSA) is 90.0 Å². The Kier molecular flexibility index (Phi) is 4.94. The summed E-state index contributed by atoms with van der Waals surface area (Å²) in [7, 11) is -4.98. The zero-order valence-electron chi connectivity index (χ0n) is 11.4. The van der Waals surface area contributed by atoms with E-state index in [2.05, 4.69) is 4.28 Å². The summed E-state index contributed by atoms with van der Waals surface area (Å²) in [6.45, 7) is 0.302. The van der Waals surface area contributed by atoms with Gasteiger partial charge in [0, 0.05) is 0 Å². The fraction of sp³-hybridized carbons (Fsp3) is 0.364. The third-order valence-electron chi connectivity index (χ3n) is 3.39. The normalized spacial score (nSPS) is 23.8. The number of carbonyl (C=O) groups is 1. The van der Waals surface area contributed by atoms with Crippen LogP contribution in [0.1, 0.15) is 22.5 Å². The Hall–Kier alpha value is -0.290. The van der Waals surface area contributed by atoms with Gasteiger partial charge in [-0.05, 0) is 17.4 Å². The number of rotatable bonds is 3. The van der Waals surface area contributed by atoms with Crippen molar-refractivity contribution in [1.82, 2.24) is 9.96 Å². The maximum atomic E-state index is 12.2. The second kappa shape index (κ2) is 6.07. The molecule has 21 heavy (non-hydrogen) atoms. The summed E-state index contributed by atoms with van der Waals surface area (Å²) < 4.78 is 36.7. The van der Waals surface area contributed by atoms with Gasteiger partial charge in [0.2, 0.25) is 10.4 Å². The van der Waals surface area contributed by atoms with E-state index in [-0.39, 0.29) is 34.9 Å². The fourth-order valence-electron chi connectivity index (χ4n) is 2.66. The molecule has 0 saturated carbocycles. The summed E-state index contributed by atoms with van der Waals surface area (Å²) in [5, 5.41) is 0.454. The SMILES string of the molecule is CSC1c2ccccc2C2CN1C(=O)N2OS(=O)(=O)[O-].[Na+]. The van der Waals surface area contributed by atoms with Gasteiger partial charge in [0.25, 0.3) is 0 Å². The number of carbonyl (C=O) groups excluding carboxylic acids is 1. The van der Waals surface area contributed by atoms with Crippen molar-refractivity contribution in [2.24, 2.45) is 0 Å².